The summed E-state index contributed by atoms with van der Waals surface area (Å²) in [5, 5.41) is 3.26. The van der Waals surface area contributed by atoms with Crippen LogP contribution in [-0.2, 0) is 6.42 Å². The van der Waals surface area contributed by atoms with Gasteiger partial charge in [0.25, 0.3) is 0 Å². The summed E-state index contributed by atoms with van der Waals surface area (Å²) in [7, 11) is 1.96. The maximum absolute atomic E-state index is 3.85. The molecule has 0 spiro atoms. The molecule has 0 heterocycles. The highest BCUT2D eigenvalue weighted by atomic mass is 14.8. The summed E-state index contributed by atoms with van der Waals surface area (Å²) in [5.74, 6) is 0. The standard InChI is InChI=1S/C16H17N/c1-3-14-10-7-11-15(16(14)17-2)12-13-8-5-4-6-9-13/h3-11,17H,1,12H2,2H3. The Morgan fingerprint density at radius 1 is 1.06 bits per heavy atom. The van der Waals surface area contributed by atoms with E-state index in [1.54, 1.807) is 0 Å². The van der Waals surface area contributed by atoms with Crippen molar-refractivity contribution < 1.29 is 0 Å². The molecule has 1 N–H and O–H groups in total. The second-order valence-electron chi connectivity index (χ2n) is 4.00. The van der Waals surface area contributed by atoms with Gasteiger partial charge in [-0.3, -0.25) is 0 Å². The third kappa shape index (κ3) is 2.56. The zero-order valence-electron chi connectivity index (χ0n) is 10.1. The molecule has 0 aliphatic carbocycles. The van der Waals surface area contributed by atoms with Crippen LogP contribution >= 0.6 is 0 Å². The molecule has 1 nitrogen and oxygen atoms in total. The van der Waals surface area contributed by atoms with Gasteiger partial charge in [0.15, 0.2) is 0 Å². The van der Waals surface area contributed by atoms with Crippen molar-refractivity contribution in [3.63, 3.8) is 0 Å². The number of hydrogen-bond acceptors (Lipinski definition) is 1. The first kappa shape index (κ1) is 11.5. The molecule has 2 aromatic carbocycles. The molecule has 0 unspecified atom stereocenters. The summed E-state index contributed by atoms with van der Waals surface area (Å²) in [4.78, 5) is 0. The van der Waals surface area contributed by atoms with Gasteiger partial charge in [-0.25, -0.2) is 0 Å². The number of anilines is 1. The van der Waals surface area contributed by atoms with Gasteiger partial charge in [0.05, 0.1) is 0 Å². The topological polar surface area (TPSA) is 12.0 Å². The molecule has 0 amide bonds. The molecule has 0 saturated carbocycles. The Morgan fingerprint density at radius 3 is 2.47 bits per heavy atom. The van der Waals surface area contributed by atoms with Crippen LogP contribution < -0.4 is 5.32 Å². The molecule has 86 valence electrons. The van der Waals surface area contributed by atoms with Crippen LogP contribution in [0.4, 0.5) is 5.69 Å². The lowest BCUT2D eigenvalue weighted by molar-refractivity contribution is 1.19. The van der Waals surface area contributed by atoms with Crippen LogP contribution in [0.5, 0.6) is 0 Å². The minimum atomic E-state index is 0.943. The van der Waals surface area contributed by atoms with Crippen molar-refractivity contribution in [2.24, 2.45) is 0 Å². The molecule has 0 aromatic heterocycles. The second kappa shape index (κ2) is 5.35. The number of hydrogen-bond donors (Lipinski definition) is 1. The molecule has 0 bridgehead atoms. The van der Waals surface area contributed by atoms with E-state index in [1.165, 1.54) is 16.8 Å². The Morgan fingerprint density at radius 2 is 1.82 bits per heavy atom. The Kier molecular flexibility index (Phi) is 3.61. The van der Waals surface area contributed by atoms with Crippen molar-refractivity contribution in [2.45, 2.75) is 6.42 Å². The van der Waals surface area contributed by atoms with Crippen LogP contribution in [0.3, 0.4) is 0 Å². The van der Waals surface area contributed by atoms with Crippen molar-refractivity contribution in [3.8, 4) is 0 Å². The Balaban J connectivity index is 2.36. The first-order chi connectivity index (χ1) is 8.35. The molecule has 2 rings (SSSR count). The van der Waals surface area contributed by atoms with E-state index in [-0.39, 0.29) is 0 Å². The molecule has 0 saturated heterocycles. The van der Waals surface area contributed by atoms with Gasteiger partial charge in [-0.1, -0.05) is 61.2 Å². The molecule has 0 aliphatic heterocycles. The highest BCUT2D eigenvalue weighted by Crippen LogP contribution is 2.24. The van der Waals surface area contributed by atoms with E-state index in [0.717, 1.165) is 12.0 Å². The van der Waals surface area contributed by atoms with Crippen molar-refractivity contribution in [1.29, 1.82) is 0 Å². The summed E-state index contributed by atoms with van der Waals surface area (Å²) in [5.41, 5.74) is 4.95. The van der Waals surface area contributed by atoms with E-state index in [2.05, 4.69) is 54.4 Å². The van der Waals surface area contributed by atoms with Gasteiger partial charge in [0.2, 0.25) is 0 Å². The van der Waals surface area contributed by atoms with E-state index in [0.29, 0.717) is 0 Å². The lowest BCUT2D eigenvalue weighted by Gasteiger charge is -2.12. The van der Waals surface area contributed by atoms with E-state index >= 15 is 0 Å². The van der Waals surface area contributed by atoms with Crippen LogP contribution in [0, 0.1) is 0 Å². The highest BCUT2D eigenvalue weighted by molar-refractivity contribution is 5.69. The minimum absolute atomic E-state index is 0.943. The van der Waals surface area contributed by atoms with E-state index < -0.39 is 0 Å². The van der Waals surface area contributed by atoms with Gasteiger partial charge < -0.3 is 5.32 Å². The SMILES string of the molecule is C=Cc1cccc(Cc2ccccc2)c1NC. The largest absolute Gasteiger partial charge is 0.387 e. The summed E-state index contributed by atoms with van der Waals surface area (Å²) < 4.78 is 0. The zero-order chi connectivity index (χ0) is 12.1. The Labute approximate surface area is 103 Å². The molecular formula is C16H17N. The van der Waals surface area contributed by atoms with Gasteiger partial charge in [0, 0.05) is 12.7 Å². The van der Waals surface area contributed by atoms with Crippen LogP contribution in [0.1, 0.15) is 16.7 Å². The maximum Gasteiger partial charge on any atom is 0.0446 e. The lowest BCUT2D eigenvalue weighted by Crippen LogP contribution is -1.99. The van der Waals surface area contributed by atoms with E-state index in [9.17, 15) is 0 Å². The zero-order valence-corrected chi connectivity index (χ0v) is 10.1. The van der Waals surface area contributed by atoms with Gasteiger partial charge in [-0.15, -0.1) is 0 Å². The van der Waals surface area contributed by atoms with E-state index in [4.69, 9.17) is 0 Å². The number of rotatable bonds is 4. The third-order valence-corrected chi connectivity index (χ3v) is 2.89. The van der Waals surface area contributed by atoms with Crippen molar-refractivity contribution in [3.05, 3.63) is 71.8 Å². The molecule has 0 radical (unpaired) electrons. The molecule has 1 heteroatoms. The van der Waals surface area contributed by atoms with Crippen LogP contribution in [-0.4, -0.2) is 7.05 Å². The number of benzene rings is 2. The average molecular weight is 223 g/mol. The fourth-order valence-electron chi connectivity index (χ4n) is 2.06. The summed E-state index contributed by atoms with van der Waals surface area (Å²) in [6.45, 7) is 3.85. The van der Waals surface area contributed by atoms with Gasteiger partial charge in [-0.05, 0) is 23.1 Å². The van der Waals surface area contributed by atoms with Gasteiger partial charge in [0.1, 0.15) is 0 Å². The summed E-state index contributed by atoms with van der Waals surface area (Å²) in [6, 6.07) is 16.8. The monoisotopic (exact) mass is 223 g/mol. The molecule has 17 heavy (non-hydrogen) atoms. The highest BCUT2D eigenvalue weighted by Gasteiger charge is 2.05. The third-order valence-electron chi connectivity index (χ3n) is 2.89. The summed E-state index contributed by atoms with van der Waals surface area (Å²) in [6.07, 6.45) is 2.83. The molecule has 0 aliphatic rings. The van der Waals surface area contributed by atoms with Crippen LogP contribution in [0.15, 0.2) is 55.1 Å². The first-order valence-corrected chi connectivity index (χ1v) is 5.81. The molecular weight excluding hydrogens is 206 g/mol. The quantitative estimate of drug-likeness (QED) is 0.827. The molecule has 2 aromatic rings. The van der Waals surface area contributed by atoms with Crippen molar-refractivity contribution >= 4 is 11.8 Å². The fourth-order valence-corrected chi connectivity index (χ4v) is 2.06. The second-order valence-corrected chi connectivity index (χ2v) is 4.00. The molecule has 0 fully saturated rings. The van der Waals surface area contributed by atoms with Crippen molar-refractivity contribution in [2.75, 3.05) is 12.4 Å². The predicted molar refractivity (Wildman–Crippen MR) is 75.3 cm³/mol. The number of para-hydroxylation sites is 1. The van der Waals surface area contributed by atoms with Crippen LogP contribution in [0.2, 0.25) is 0 Å². The maximum atomic E-state index is 3.85. The van der Waals surface area contributed by atoms with Gasteiger partial charge >= 0.3 is 0 Å². The van der Waals surface area contributed by atoms with Crippen LogP contribution in [0.25, 0.3) is 6.08 Å². The van der Waals surface area contributed by atoms with E-state index in [1.807, 2.05) is 19.2 Å². The smallest absolute Gasteiger partial charge is 0.0446 e. The van der Waals surface area contributed by atoms with Crippen molar-refractivity contribution in [1.82, 2.24) is 0 Å². The van der Waals surface area contributed by atoms with Gasteiger partial charge in [-0.2, -0.15) is 0 Å². The predicted octanol–water partition coefficient (Wildman–Crippen LogP) is 3.96. The minimum Gasteiger partial charge on any atom is -0.387 e. The normalized spacial score (nSPS) is 9.94. The fraction of sp³-hybridized carbons (Fsp3) is 0.125. The Bertz CT molecular complexity index is 500. The molecule has 0 atom stereocenters. The Hall–Kier alpha value is -2.02. The number of nitrogens with one attached hydrogen (secondary N) is 1. The lowest BCUT2D eigenvalue weighted by atomic mass is 10.00. The first-order valence-electron chi connectivity index (χ1n) is 5.81. The summed E-state index contributed by atoms with van der Waals surface area (Å²) >= 11 is 0. The average Bonchev–Trinajstić information content (AvgIpc) is 2.39.